The smallest absolute Gasteiger partial charge is 0.257 e. The molecule has 2 fully saturated rings. The maximum Gasteiger partial charge on any atom is 0.257 e. The third kappa shape index (κ3) is 3.84. The molecule has 4 rings (SSSR count). The summed E-state index contributed by atoms with van der Waals surface area (Å²) in [5.41, 5.74) is 0.728. The highest BCUT2D eigenvalue weighted by Gasteiger charge is 2.38. The van der Waals surface area contributed by atoms with Gasteiger partial charge in [-0.05, 0) is 31.0 Å². The number of aromatic amines is 1. The van der Waals surface area contributed by atoms with Crippen molar-refractivity contribution in [2.45, 2.75) is 30.2 Å². The fourth-order valence-electron chi connectivity index (χ4n) is 3.91. The van der Waals surface area contributed by atoms with Gasteiger partial charge in [-0.2, -0.15) is 9.40 Å². The van der Waals surface area contributed by atoms with Gasteiger partial charge < -0.3 is 9.64 Å². The van der Waals surface area contributed by atoms with E-state index in [1.807, 2.05) is 0 Å². The van der Waals surface area contributed by atoms with Gasteiger partial charge in [-0.25, -0.2) is 17.2 Å². The van der Waals surface area contributed by atoms with Crippen molar-refractivity contribution >= 4 is 15.9 Å². The Kier molecular flexibility index (Phi) is 5.85. The van der Waals surface area contributed by atoms with Crippen molar-refractivity contribution in [2.75, 3.05) is 32.8 Å². The number of aromatic nitrogens is 2. The molecule has 0 spiro atoms. The molecule has 1 atom stereocenters. The van der Waals surface area contributed by atoms with Gasteiger partial charge in [0.1, 0.15) is 0 Å². The number of morpholine rings is 1. The van der Waals surface area contributed by atoms with Gasteiger partial charge in [-0.1, -0.05) is 6.42 Å². The molecule has 1 aromatic carbocycles. The lowest BCUT2D eigenvalue weighted by Gasteiger charge is -2.35. The topological polar surface area (TPSA) is 95.6 Å². The Morgan fingerprint density at radius 3 is 2.63 bits per heavy atom. The van der Waals surface area contributed by atoms with E-state index in [9.17, 15) is 22.0 Å². The zero-order valence-corrected chi connectivity index (χ0v) is 17.0. The molecule has 2 aliphatic rings. The maximum absolute atomic E-state index is 13.7. The van der Waals surface area contributed by atoms with Crippen LogP contribution in [-0.4, -0.2) is 66.6 Å². The molecule has 0 saturated carbocycles. The molecular formula is C19H22F2N4O4S. The molecule has 0 bridgehead atoms. The summed E-state index contributed by atoms with van der Waals surface area (Å²) in [4.78, 5) is 14.3. The third-order valence-electron chi connectivity index (χ3n) is 5.48. The minimum Gasteiger partial charge on any atom is -0.378 e. The quantitative estimate of drug-likeness (QED) is 0.786. The van der Waals surface area contributed by atoms with Gasteiger partial charge >= 0.3 is 0 Å². The van der Waals surface area contributed by atoms with Gasteiger partial charge in [0.15, 0.2) is 11.6 Å². The van der Waals surface area contributed by atoms with Crippen molar-refractivity contribution in [2.24, 2.45) is 0 Å². The fourth-order valence-corrected chi connectivity index (χ4v) is 5.59. The first-order valence-electron chi connectivity index (χ1n) is 9.77. The van der Waals surface area contributed by atoms with E-state index in [1.165, 1.54) is 10.5 Å². The summed E-state index contributed by atoms with van der Waals surface area (Å²) in [6.07, 6.45) is 3.28. The maximum atomic E-state index is 13.7. The van der Waals surface area contributed by atoms with Crippen LogP contribution in [-0.2, 0) is 14.8 Å². The zero-order chi connectivity index (χ0) is 21.3. The van der Waals surface area contributed by atoms with E-state index < -0.39 is 27.7 Å². The van der Waals surface area contributed by atoms with Crippen molar-refractivity contribution in [3.8, 4) is 0 Å². The van der Waals surface area contributed by atoms with Gasteiger partial charge in [0.2, 0.25) is 10.0 Å². The molecule has 11 heteroatoms. The number of piperidine rings is 1. The minimum atomic E-state index is -4.11. The first kappa shape index (κ1) is 20.9. The van der Waals surface area contributed by atoms with Crippen LogP contribution >= 0.6 is 0 Å². The number of carbonyl (C=O) groups excluding carboxylic acids is 1. The van der Waals surface area contributed by atoms with Crippen LogP contribution in [0.2, 0.25) is 0 Å². The van der Waals surface area contributed by atoms with Gasteiger partial charge in [0, 0.05) is 19.6 Å². The van der Waals surface area contributed by atoms with E-state index in [-0.39, 0.29) is 17.3 Å². The van der Waals surface area contributed by atoms with Gasteiger partial charge in [-0.15, -0.1) is 0 Å². The number of amides is 1. The van der Waals surface area contributed by atoms with Crippen LogP contribution in [0.5, 0.6) is 0 Å². The Balaban J connectivity index is 1.67. The summed E-state index contributed by atoms with van der Waals surface area (Å²) >= 11 is 0. The number of ether oxygens (including phenoxy) is 1. The molecule has 2 saturated heterocycles. The average molecular weight is 440 g/mol. The highest BCUT2D eigenvalue weighted by molar-refractivity contribution is 7.89. The van der Waals surface area contributed by atoms with E-state index in [0.717, 1.165) is 18.6 Å². The fraction of sp³-hybridized carbons (Fsp3) is 0.474. The monoisotopic (exact) mass is 440 g/mol. The lowest BCUT2D eigenvalue weighted by molar-refractivity contribution is 0.0301. The number of hydrogen-bond donors (Lipinski definition) is 1. The van der Waals surface area contributed by atoms with Gasteiger partial charge in [0.05, 0.1) is 41.6 Å². The number of H-pyrrole nitrogens is 1. The van der Waals surface area contributed by atoms with Crippen LogP contribution in [0, 0.1) is 11.6 Å². The van der Waals surface area contributed by atoms with Crippen molar-refractivity contribution in [1.29, 1.82) is 0 Å². The van der Waals surface area contributed by atoms with E-state index in [1.54, 1.807) is 4.90 Å². The van der Waals surface area contributed by atoms with Crippen molar-refractivity contribution in [3.05, 3.63) is 47.3 Å². The Bertz CT molecular complexity index is 1040. The second kappa shape index (κ2) is 8.40. The Labute approximate surface area is 172 Å². The number of nitrogens with one attached hydrogen (secondary N) is 1. The second-order valence-corrected chi connectivity index (χ2v) is 9.20. The molecule has 162 valence electrons. The summed E-state index contributed by atoms with van der Waals surface area (Å²) in [5, 5.41) is 6.79. The lowest BCUT2D eigenvalue weighted by atomic mass is 9.99. The molecule has 0 radical (unpaired) electrons. The molecule has 2 aromatic rings. The number of hydrogen-bond acceptors (Lipinski definition) is 5. The SMILES string of the molecule is O=C(c1cn[nH]c1C1CCCCN1S(=O)(=O)c1ccc(F)c(F)c1)N1CCOCC1. The Morgan fingerprint density at radius 1 is 1.13 bits per heavy atom. The van der Waals surface area contributed by atoms with Gasteiger partial charge in [-0.3, -0.25) is 9.89 Å². The Hall–Kier alpha value is -2.37. The highest BCUT2D eigenvalue weighted by Crippen LogP contribution is 2.36. The number of sulfonamides is 1. The van der Waals surface area contributed by atoms with Crippen LogP contribution in [0.4, 0.5) is 8.78 Å². The molecule has 3 heterocycles. The summed E-state index contributed by atoms with van der Waals surface area (Å²) in [7, 11) is -4.11. The van der Waals surface area contributed by atoms with Crippen LogP contribution in [0.25, 0.3) is 0 Å². The van der Waals surface area contributed by atoms with Crippen LogP contribution in [0.3, 0.4) is 0 Å². The molecule has 1 aromatic heterocycles. The zero-order valence-electron chi connectivity index (χ0n) is 16.2. The molecule has 30 heavy (non-hydrogen) atoms. The molecule has 8 nitrogen and oxygen atoms in total. The predicted octanol–water partition coefficient (Wildman–Crippen LogP) is 2.08. The summed E-state index contributed by atoms with van der Waals surface area (Å²) in [5.74, 6) is -2.58. The minimum absolute atomic E-state index is 0.205. The van der Waals surface area contributed by atoms with E-state index >= 15 is 0 Å². The number of nitrogens with zero attached hydrogens (tertiary/aromatic N) is 3. The molecule has 1 amide bonds. The highest BCUT2D eigenvalue weighted by atomic mass is 32.2. The lowest BCUT2D eigenvalue weighted by Crippen LogP contribution is -2.42. The molecule has 0 aliphatic carbocycles. The third-order valence-corrected chi connectivity index (χ3v) is 7.39. The number of halogens is 2. The summed E-state index contributed by atoms with van der Waals surface area (Å²) < 4.78 is 60.0. The number of benzene rings is 1. The molecule has 2 aliphatic heterocycles. The normalized spacial score (nSPS) is 21.0. The molecular weight excluding hydrogens is 418 g/mol. The molecule has 1 N–H and O–H groups in total. The van der Waals surface area contributed by atoms with Crippen molar-refractivity contribution in [3.63, 3.8) is 0 Å². The van der Waals surface area contributed by atoms with E-state index in [0.29, 0.717) is 56.5 Å². The van der Waals surface area contributed by atoms with Crippen molar-refractivity contribution in [1.82, 2.24) is 19.4 Å². The summed E-state index contributed by atoms with van der Waals surface area (Å²) in [6, 6.07) is 1.87. The Morgan fingerprint density at radius 2 is 1.90 bits per heavy atom. The standard InChI is InChI=1S/C19H22F2N4O4S/c20-15-5-4-13(11-16(15)21)30(27,28)25-6-2-1-3-17(25)18-14(12-22-23-18)19(26)24-7-9-29-10-8-24/h4-5,11-12,17H,1-3,6-10H2,(H,22,23). The first-order valence-corrected chi connectivity index (χ1v) is 11.2. The van der Waals surface area contributed by atoms with Crippen LogP contribution in [0.15, 0.2) is 29.3 Å². The first-order chi connectivity index (χ1) is 14.4. The predicted molar refractivity (Wildman–Crippen MR) is 102 cm³/mol. The second-order valence-electron chi connectivity index (χ2n) is 7.31. The number of carbonyl (C=O) groups is 1. The summed E-state index contributed by atoms with van der Waals surface area (Å²) in [6.45, 7) is 1.99. The average Bonchev–Trinajstić information content (AvgIpc) is 3.25. The van der Waals surface area contributed by atoms with Crippen molar-refractivity contribution < 1.29 is 26.7 Å². The van der Waals surface area contributed by atoms with E-state index in [4.69, 9.17) is 4.74 Å². The van der Waals surface area contributed by atoms with Gasteiger partial charge in [0.25, 0.3) is 5.91 Å². The molecule has 1 unspecified atom stereocenters. The number of rotatable bonds is 4. The van der Waals surface area contributed by atoms with E-state index in [2.05, 4.69) is 10.2 Å². The van der Waals surface area contributed by atoms with Crippen LogP contribution in [0.1, 0.15) is 41.4 Å². The van der Waals surface area contributed by atoms with Crippen LogP contribution < -0.4 is 0 Å². The largest absolute Gasteiger partial charge is 0.378 e.